The van der Waals surface area contributed by atoms with Crippen LogP contribution in [0.5, 0.6) is 0 Å². The topological polar surface area (TPSA) is 26.6 Å². The Balaban J connectivity index is 1.06. The van der Waals surface area contributed by atoms with Crippen LogP contribution in [0.4, 0.5) is 0 Å². The number of pyridine rings is 1. The zero-order chi connectivity index (χ0) is 32.9. The normalized spacial score (nSPS) is 12.7. The van der Waals surface area contributed by atoms with E-state index < -0.39 is 0 Å². The van der Waals surface area contributed by atoms with Gasteiger partial charge in [0.1, 0.15) is 0 Å². The molecule has 0 amide bonds. The van der Waals surface area contributed by atoms with Crippen molar-refractivity contribution in [3.63, 3.8) is 0 Å². The van der Waals surface area contributed by atoms with Crippen LogP contribution in [0.15, 0.2) is 158 Å². The zero-order valence-electron chi connectivity index (χ0n) is 27.3. The van der Waals surface area contributed by atoms with Crippen LogP contribution in [0.25, 0.3) is 115 Å². The van der Waals surface area contributed by atoms with Crippen LogP contribution >= 0.6 is 0 Å². The highest BCUT2D eigenvalue weighted by molar-refractivity contribution is 6.25. The van der Waals surface area contributed by atoms with Crippen molar-refractivity contribution in [2.24, 2.45) is 0 Å². The molecule has 0 aliphatic rings. The zero-order valence-corrected chi connectivity index (χ0v) is 27.3. The molecule has 4 nitrogen and oxygen atoms in total. The van der Waals surface area contributed by atoms with E-state index >= 15 is 0 Å². The Morgan fingerprint density at radius 2 is 0.804 bits per heavy atom. The van der Waals surface area contributed by atoms with Gasteiger partial charge < -0.3 is 13.4 Å². The van der Waals surface area contributed by atoms with Crippen molar-refractivity contribution in [1.29, 1.82) is 0 Å². The van der Waals surface area contributed by atoms with Crippen molar-refractivity contribution in [2.75, 3.05) is 0 Å². The second-order valence-corrected chi connectivity index (χ2v) is 14.0. The van der Waals surface area contributed by atoms with Gasteiger partial charge in [0.15, 0.2) is 0 Å². The van der Waals surface area contributed by atoms with E-state index in [1.165, 1.54) is 98.2 Å². The molecule has 4 heteroatoms. The predicted octanol–water partition coefficient (Wildman–Crippen LogP) is 12.1. The lowest BCUT2D eigenvalue weighted by Crippen LogP contribution is -1.94. The third-order valence-corrected chi connectivity index (χ3v) is 11.6. The van der Waals surface area contributed by atoms with Crippen LogP contribution in [-0.2, 0) is 0 Å². The van der Waals surface area contributed by atoms with E-state index in [-0.39, 0.29) is 0 Å². The van der Waals surface area contributed by atoms with Gasteiger partial charge in [-0.1, -0.05) is 84.9 Å². The summed E-state index contributed by atoms with van der Waals surface area (Å²) in [4.78, 5) is 4.62. The van der Waals surface area contributed by atoms with Crippen molar-refractivity contribution < 1.29 is 0 Å². The second-order valence-electron chi connectivity index (χ2n) is 14.0. The van der Waals surface area contributed by atoms with E-state index in [4.69, 9.17) is 0 Å². The molecule has 0 saturated carbocycles. The van der Waals surface area contributed by atoms with Gasteiger partial charge in [-0.15, -0.1) is 0 Å². The summed E-state index contributed by atoms with van der Waals surface area (Å²) in [6.45, 7) is 0. The van der Waals surface area contributed by atoms with Gasteiger partial charge in [0.05, 0.1) is 44.1 Å². The molecule has 7 aromatic carbocycles. The van der Waals surface area contributed by atoms with Crippen LogP contribution in [0, 0.1) is 0 Å². The summed E-state index contributed by atoms with van der Waals surface area (Å²) in [6.07, 6.45) is 3.94. The molecular weight excluding hydrogens is 621 g/mol. The third-order valence-electron chi connectivity index (χ3n) is 11.6. The van der Waals surface area contributed by atoms with E-state index in [0.29, 0.717) is 0 Å². The number of nitrogens with zero attached hydrogens (tertiary/aromatic N) is 4. The van der Waals surface area contributed by atoms with E-state index in [2.05, 4.69) is 164 Å². The lowest BCUT2D eigenvalue weighted by Gasteiger charge is -2.10. The minimum atomic E-state index is 1.15. The minimum absolute atomic E-state index is 1.15. The molecule has 6 heterocycles. The molecule has 0 N–H and O–H groups in total. The number of aromatic nitrogens is 4. The molecule has 0 aliphatic carbocycles. The molecule has 13 rings (SSSR count). The smallest absolute Gasteiger partial charge is 0.0622 e. The van der Waals surface area contributed by atoms with Crippen molar-refractivity contribution in [1.82, 2.24) is 18.4 Å². The number of benzene rings is 7. The first-order valence-electron chi connectivity index (χ1n) is 17.5. The molecular formula is C47H26N4. The highest BCUT2D eigenvalue weighted by Gasteiger charge is 2.21. The first-order valence-corrected chi connectivity index (χ1v) is 17.5. The number of para-hydroxylation sites is 4. The van der Waals surface area contributed by atoms with Crippen molar-refractivity contribution in [3.8, 4) is 16.8 Å². The van der Waals surface area contributed by atoms with E-state index in [1.54, 1.807) is 0 Å². The maximum atomic E-state index is 4.62. The molecule has 0 aliphatic heterocycles. The van der Waals surface area contributed by atoms with E-state index in [0.717, 1.165) is 16.6 Å². The number of fused-ring (bicyclic) bond motifs is 15. The molecule has 234 valence electrons. The van der Waals surface area contributed by atoms with Gasteiger partial charge in [-0.3, -0.25) is 4.98 Å². The summed E-state index contributed by atoms with van der Waals surface area (Å²) in [6, 6.07) is 53.9. The molecule has 6 aromatic heterocycles. The van der Waals surface area contributed by atoms with Crippen molar-refractivity contribution in [3.05, 3.63) is 158 Å². The third kappa shape index (κ3) is 3.10. The Bertz CT molecular complexity index is 3510. The SMILES string of the molecule is c1ccc2c(c1)c1cccc3c4cc(-c5ccc6c(c5)c5cnccc5n6-c5cc6c7ccccc7n7c8ccccc8c(c5)c67)ccc4n2c13. The molecule has 0 fully saturated rings. The molecule has 0 spiro atoms. The van der Waals surface area contributed by atoms with Gasteiger partial charge in [0, 0.05) is 71.9 Å². The van der Waals surface area contributed by atoms with Crippen molar-refractivity contribution >= 4 is 98.0 Å². The van der Waals surface area contributed by atoms with Crippen LogP contribution < -0.4 is 0 Å². The fourth-order valence-electron chi connectivity index (χ4n) is 9.50. The molecule has 0 unspecified atom stereocenters. The lowest BCUT2D eigenvalue weighted by atomic mass is 10.00. The van der Waals surface area contributed by atoms with Gasteiger partial charge >= 0.3 is 0 Å². The molecule has 0 radical (unpaired) electrons. The average Bonchev–Trinajstić information content (AvgIpc) is 3.98. The van der Waals surface area contributed by atoms with E-state index in [1.807, 2.05) is 12.4 Å². The number of hydrogen-bond donors (Lipinski definition) is 0. The Hall–Kier alpha value is -6.91. The summed E-state index contributed by atoms with van der Waals surface area (Å²) in [7, 11) is 0. The van der Waals surface area contributed by atoms with Crippen LogP contribution in [0.2, 0.25) is 0 Å². The monoisotopic (exact) mass is 646 g/mol. The average molecular weight is 647 g/mol. The fraction of sp³-hybridized carbons (Fsp3) is 0. The first kappa shape index (κ1) is 26.0. The number of hydrogen-bond acceptors (Lipinski definition) is 1. The Morgan fingerprint density at radius 3 is 1.45 bits per heavy atom. The van der Waals surface area contributed by atoms with E-state index in [9.17, 15) is 0 Å². The highest BCUT2D eigenvalue weighted by atomic mass is 15.0. The minimum Gasteiger partial charge on any atom is -0.309 e. The van der Waals surface area contributed by atoms with Gasteiger partial charge in [-0.25, -0.2) is 0 Å². The summed E-state index contributed by atoms with van der Waals surface area (Å²) >= 11 is 0. The Labute approximate surface area is 290 Å². The molecule has 13 aromatic rings. The van der Waals surface area contributed by atoms with Gasteiger partial charge in [-0.2, -0.15) is 0 Å². The van der Waals surface area contributed by atoms with Crippen molar-refractivity contribution in [2.45, 2.75) is 0 Å². The lowest BCUT2D eigenvalue weighted by molar-refractivity contribution is 1.18. The van der Waals surface area contributed by atoms with Gasteiger partial charge in [0.25, 0.3) is 0 Å². The Morgan fingerprint density at radius 1 is 0.333 bits per heavy atom. The van der Waals surface area contributed by atoms with Crippen LogP contribution in [0.1, 0.15) is 0 Å². The molecule has 0 atom stereocenters. The van der Waals surface area contributed by atoms with Crippen LogP contribution in [-0.4, -0.2) is 18.4 Å². The maximum absolute atomic E-state index is 4.62. The van der Waals surface area contributed by atoms with Crippen LogP contribution in [0.3, 0.4) is 0 Å². The fourth-order valence-corrected chi connectivity index (χ4v) is 9.50. The maximum Gasteiger partial charge on any atom is 0.0622 e. The standard InChI is InChI=1S/C47H26N4/c1-4-13-40-30(8-1)33-11-7-12-34-35-22-27(17-19-44(35)51(40)46(33)34)28-16-18-43-36(23-28)39-26-48-21-20-45(39)49(43)29-24-37-31-9-2-5-14-41(31)50-42-15-6-3-10-32(42)38(25-29)47(37)50/h1-26H. The molecule has 51 heavy (non-hydrogen) atoms. The first-order chi connectivity index (χ1) is 25.3. The summed E-state index contributed by atoms with van der Waals surface area (Å²) in [5.41, 5.74) is 13.5. The van der Waals surface area contributed by atoms with Gasteiger partial charge in [-0.05, 0) is 71.8 Å². The summed E-state index contributed by atoms with van der Waals surface area (Å²) in [5.74, 6) is 0. The predicted molar refractivity (Wildman–Crippen MR) is 213 cm³/mol. The number of rotatable bonds is 2. The largest absolute Gasteiger partial charge is 0.309 e. The summed E-state index contributed by atoms with van der Waals surface area (Å²) in [5, 5.41) is 12.7. The molecule has 0 saturated heterocycles. The van der Waals surface area contributed by atoms with Gasteiger partial charge in [0.2, 0.25) is 0 Å². The molecule has 0 bridgehead atoms. The Kier molecular flexibility index (Phi) is 4.59. The quantitative estimate of drug-likeness (QED) is 0.184. The second kappa shape index (κ2) is 9.00. The summed E-state index contributed by atoms with van der Waals surface area (Å²) < 4.78 is 7.32. The highest BCUT2D eigenvalue weighted by Crippen LogP contribution is 2.44.